The Kier molecular flexibility index (Phi) is 5.44. The highest BCUT2D eigenvalue weighted by Gasteiger charge is 2.31. The van der Waals surface area contributed by atoms with Crippen molar-refractivity contribution in [2.45, 2.75) is 32.2 Å². The summed E-state index contributed by atoms with van der Waals surface area (Å²) in [6, 6.07) is 7.22. The molecule has 2 amide bonds. The molecule has 3 aromatic rings. The fourth-order valence-corrected chi connectivity index (χ4v) is 4.64. The first kappa shape index (κ1) is 19.3. The third kappa shape index (κ3) is 4.07. The van der Waals surface area contributed by atoms with E-state index in [0.29, 0.717) is 16.4 Å². The first-order valence-electron chi connectivity index (χ1n) is 9.50. The van der Waals surface area contributed by atoms with Crippen LogP contribution in [-0.2, 0) is 0 Å². The molecule has 0 bridgehead atoms. The summed E-state index contributed by atoms with van der Waals surface area (Å²) in [5.74, 6) is -0.132. The quantitative estimate of drug-likeness (QED) is 0.660. The maximum absolute atomic E-state index is 13.4. The molecular formula is C21H21FN4O2S. The zero-order chi connectivity index (χ0) is 20.4. The smallest absolute Gasteiger partial charge is 0.264 e. The van der Waals surface area contributed by atoms with Crippen molar-refractivity contribution in [3.8, 4) is 0 Å². The minimum atomic E-state index is -0.468. The van der Waals surface area contributed by atoms with Gasteiger partial charge in [0.1, 0.15) is 11.6 Å². The molecule has 0 radical (unpaired) electrons. The molecule has 8 heteroatoms. The van der Waals surface area contributed by atoms with Crippen molar-refractivity contribution in [3.63, 3.8) is 0 Å². The van der Waals surface area contributed by atoms with E-state index in [1.165, 1.54) is 29.5 Å². The van der Waals surface area contributed by atoms with Crippen molar-refractivity contribution in [2.24, 2.45) is 0 Å². The normalized spacial score (nSPS) is 16.6. The lowest BCUT2D eigenvalue weighted by Crippen LogP contribution is -2.38. The number of H-pyrrole nitrogens is 1. The molecule has 1 aliphatic heterocycles. The number of aromatic nitrogens is 2. The summed E-state index contributed by atoms with van der Waals surface area (Å²) in [6.45, 7) is 2.53. The molecule has 6 nitrogen and oxygen atoms in total. The number of anilines is 1. The molecule has 150 valence electrons. The largest absolute Gasteiger partial charge is 0.347 e. The Morgan fingerprint density at radius 3 is 2.93 bits per heavy atom. The average Bonchev–Trinajstić information content (AvgIpc) is 3.37. The summed E-state index contributed by atoms with van der Waals surface area (Å²) in [4.78, 5) is 35.6. The van der Waals surface area contributed by atoms with Gasteiger partial charge >= 0.3 is 0 Å². The van der Waals surface area contributed by atoms with Crippen LogP contribution in [0.2, 0.25) is 0 Å². The minimum absolute atomic E-state index is 0.0557. The topological polar surface area (TPSA) is 78.1 Å². The van der Waals surface area contributed by atoms with Gasteiger partial charge in [-0.3, -0.25) is 9.59 Å². The molecule has 1 atom stereocenters. The van der Waals surface area contributed by atoms with E-state index in [0.717, 1.165) is 30.7 Å². The van der Waals surface area contributed by atoms with Crippen molar-refractivity contribution < 1.29 is 14.0 Å². The van der Waals surface area contributed by atoms with E-state index >= 15 is 0 Å². The summed E-state index contributed by atoms with van der Waals surface area (Å²) < 4.78 is 13.4. The average molecular weight is 412 g/mol. The number of thiophene rings is 1. The predicted octanol–water partition coefficient (Wildman–Crippen LogP) is 4.54. The number of hydrogen-bond donors (Lipinski definition) is 2. The molecule has 1 fully saturated rings. The van der Waals surface area contributed by atoms with Gasteiger partial charge in [-0.15, -0.1) is 11.3 Å². The highest BCUT2D eigenvalue weighted by Crippen LogP contribution is 2.34. The lowest BCUT2D eigenvalue weighted by molar-refractivity contribution is 0.0605. The molecule has 1 aromatic carbocycles. The summed E-state index contributed by atoms with van der Waals surface area (Å²) in [5, 5.41) is 3.33. The van der Waals surface area contributed by atoms with Gasteiger partial charge in [0.05, 0.1) is 15.9 Å². The SMILES string of the molecule is Cc1cc(NC(=O)c2cccc(F)c2)sc1C(=O)N1CCCC[C@H]1c1ncc[nH]1. The van der Waals surface area contributed by atoms with Crippen molar-refractivity contribution >= 4 is 28.2 Å². The highest BCUT2D eigenvalue weighted by atomic mass is 32.1. The van der Waals surface area contributed by atoms with Gasteiger partial charge in [0, 0.05) is 24.5 Å². The van der Waals surface area contributed by atoms with Crippen LogP contribution in [-0.4, -0.2) is 33.2 Å². The standard InChI is InChI=1S/C21H21FN4O2S/c1-13-11-17(25-20(27)14-5-4-6-15(22)12-14)29-18(13)21(28)26-10-3-2-7-16(26)19-23-8-9-24-19/h4-6,8-9,11-12,16H,2-3,7,10H2,1H3,(H,23,24)(H,25,27)/t16-/m0/s1. The number of rotatable bonds is 4. The van der Waals surface area contributed by atoms with Gasteiger partial charge in [-0.25, -0.2) is 9.37 Å². The number of nitrogens with zero attached hydrogens (tertiary/aromatic N) is 2. The first-order chi connectivity index (χ1) is 14.0. The third-order valence-electron chi connectivity index (χ3n) is 5.03. The van der Waals surface area contributed by atoms with Crippen LogP contribution in [0.15, 0.2) is 42.7 Å². The Hall–Kier alpha value is -3.00. The molecule has 0 saturated carbocycles. The number of hydrogen-bond acceptors (Lipinski definition) is 4. The second-order valence-corrected chi connectivity index (χ2v) is 8.12. The van der Waals surface area contributed by atoms with Crippen LogP contribution < -0.4 is 5.32 Å². The van der Waals surface area contributed by atoms with Crippen LogP contribution >= 0.6 is 11.3 Å². The molecule has 0 unspecified atom stereocenters. The monoisotopic (exact) mass is 412 g/mol. The van der Waals surface area contributed by atoms with Gasteiger partial charge in [0.15, 0.2) is 0 Å². The van der Waals surface area contributed by atoms with Crippen LogP contribution in [0.3, 0.4) is 0 Å². The van der Waals surface area contributed by atoms with Gasteiger partial charge in [0.2, 0.25) is 0 Å². The van der Waals surface area contributed by atoms with Gasteiger partial charge in [0.25, 0.3) is 11.8 Å². The Bertz CT molecular complexity index is 1030. The van der Waals surface area contributed by atoms with Crippen molar-refractivity contribution in [1.29, 1.82) is 0 Å². The molecule has 1 saturated heterocycles. The number of aromatic amines is 1. The molecule has 1 aliphatic rings. The van der Waals surface area contributed by atoms with Crippen molar-refractivity contribution in [1.82, 2.24) is 14.9 Å². The number of halogens is 1. The number of piperidine rings is 1. The fourth-order valence-electron chi connectivity index (χ4n) is 3.62. The van der Waals surface area contributed by atoms with Crippen LogP contribution in [0.5, 0.6) is 0 Å². The van der Waals surface area contributed by atoms with Crippen LogP contribution in [0.25, 0.3) is 0 Å². The number of likely N-dealkylation sites (tertiary alicyclic amines) is 1. The number of benzene rings is 1. The van der Waals surface area contributed by atoms with Crippen LogP contribution in [0, 0.1) is 12.7 Å². The maximum Gasteiger partial charge on any atom is 0.264 e. The van der Waals surface area contributed by atoms with Crippen molar-refractivity contribution in [3.05, 3.63) is 70.4 Å². The lowest BCUT2D eigenvalue weighted by Gasteiger charge is -2.34. The van der Waals surface area contributed by atoms with Crippen molar-refractivity contribution in [2.75, 3.05) is 11.9 Å². The summed E-state index contributed by atoms with van der Waals surface area (Å²) >= 11 is 1.24. The van der Waals surface area contributed by atoms with E-state index in [1.807, 2.05) is 11.8 Å². The number of aryl methyl sites for hydroxylation is 1. The maximum atomic E-state index is 13.4. The predicted molar refractivity (Wildman–Crippen MR) is 110 cm³/mol. The van der Waals surface area contributed by atoms with Crippen LogP contribution in [0.4, 0.5) is 9.39 Å². The first-order valence-corrected chi connectivity index (χ1v) is 10.3. The molecule has 0 spiro atoms. The molecule has 4 rings (SSSR count). The Morgan fingerprint density at radius 2 is 2.17 bits per heavy atom. The van der Waals surface area contributed by atoms with Crippen LogP contribution in [0.1, 0.15) is 56.7 Å². The zero-order valence-corrected chi connectivity index (χ0v) is 16.8. The molecule has 2 N–H and O–H groups in total. The highest BCUT2D eigenvalue weighted by molar-refractivity contribution is 7.18. The fraction of sp³-hybridized carbons (Fsp3) is 0.286. The van der Waals surface area contributed by atoms with E-state index < -0.39 is 11.7 Å². The second-order valence-electron chi connectivity index (χ2n) is 7.07. The molecule has 0 aliphatic carbocycles. The number of carbonyl (C=O) groups excluding carboxylic acids is 2. The number of amides is 2. The number of nitrogens with one attached hydrogen (secondary N) is 2. The van der Waals surface area contributed by atoms with Gasteiger partial charge in [-0.2, -0.15) is 0 Å². The minimum Gasteiger partial charge on any atom is -0.347 e. The Balaban J connectivity index is 1.54. The van der Waals surface area contributed by atoms with E-state index in [4.69, 9.17) is 0 Å². The Labute approximate surface area is 171 Å². The van der Waals surface area contributed by atoms with Gasteiger partial charge in [-0.1, -0.05) is 6.07 Å². The molecule has 2 aromatic heterocycles. The summed E-state index contributed by atoms with van der Waals surface area (Å²) in [7, 11) is 0. The number of carbonyl (C=O) groups is 2. The Morgan fingerprint density at radius 1 is 1.31 bits per heavy atom. The zero-order valence-electron chi connectivity index (χ0n) is 15.9. The van der Waals surface area contributed by atoms with Gasteiger partial charge in [-0.05, 0) is 56.0 Å². The second kappa shape index (κ2) is 8.16. The van der Waals surface area contributed by atoms with Gasteiger partial charge < -0.3 is 15.2 Å². The molecule has 3 heterocycles. The lowest BCUT2D eigenvalue weighted by atomic mass is 10.0. The molecular weight excluding hydrogens is 391 g/mol. The van der Waals surface area contributed by atoms with E-state index in [9.17, 15) is 14.0 Å². The number of imidazole rings is 1. The third-order valence-corrected chi connectivity index (χ3v) is 6.17. The van der Waals surface area contributed by atoms with E-state index in [-0.39, 0.29) is 17.5 Å². The molecule has 29 heavy (non-hydrogen) atoms. The summed E-state index contributed by atoms with van der Waals surface area (Å²) in [5.41, 5.74) is 1.04. The summed E-state index contributed by atoms with van der Waals surface area (Å²) in [6.07, 6.45) is 6.34. The van der Waals surface area contributed by atoms with E-state index in [2.05, 4.69) is 15.3 Å². The van der Waals surface area contributed by atoms with E-state index in [1.54, 1.807) is 24.5 Å².